The van der Waals surface area contributed by atoms with Crippen molar-refractivity contribution in [1.29, 1.82) is 0 Å². The van der Waals surface area contributed by atoms with Gasteiger partial charge in [-0.1, -0.05) is 6.07 Å². The number of aryl methyl sites for hydroxylation is 1. The van der Waals surface area contributed by atoms with Gasteiger partial charge in [-0.25, -0.2) is 13.2 Å². The number of hydrogen-bond acceptors (Lipinski definition) is 7. The van der Waals surface area contributed by atoms with Crippen molar-refractivity contribution in [2.75, 3.05) is 24.5 Å². The van der Waals surface area contributed by atoms with Crippen molar-refractivity contribution in [3.8, 4) is 0 Å². The van der Waals surface area contributed by atoms with Crippen LogP contribution in [0.1, 0.15) is 28.9 Å². The van der Waals surface area contributed by atoms with Gasteiger partial charge < -0.3 is 15.2 Å². The highest BCUT2D eigenvalue weighted by molar-refractivity contribution is 7.92. The van der Waals surface area contributed by atoms with Gasteiger partial charge in [0, 0.05) is 6.20 Å². The Morgan fingerprint density at radius 3 is 2.82 bits per heavy atom. The maximum absolute atomic E-state index is 12.8. The van der Waals surface area contributed by atoms with Crippen LogP contribution in [-0.2, 0) is 19.5 Å². The van der Waals surface area contributed by atoms with Crippen molar-refractivity contribution < 1.29 is 22.7 Å². The molecule has 28 heavy (non-hydrogen) atoms. The average molecular weight is 431 g/mol. The zero-order valence-electron chi connectivity index (χ0n) is 15.5. The van der Waals surface area contributed by atoms with Crippen LogP contribution < -0.4 is 10.5 Å². The molecule has 0 amide bonds. The monoisotopic (exact) mass is 430 g/mol. The van der Waals surface area contributed by atoms with Gasteiger partial charge in [0.05, 0.1) is 54.2 Å². The van der Waals surface area contributed by atoms with Crippen LogP contribution in [0.5, 0.6) is 0 Å². The van der Waals surface area contributed by atoms with E-state index in [1.165, 1.54) is 18.3 Å². The topological polar surface area (TPSA) is 126 Å². The summed E-state index contributed by atoms with van der Waals surface area (Å²) in [7, 11) is -3.91. The van der Waals surface area contributed by atoms with Crippen molar-refractivity contribution >= 4 is 34.1 Å². The van der Waals surface area contributed by atoms with Gasteiger partial charge in [-0.3, -0.25) is 9.40 Å². The number of nitrogens with zero attached hydrogens (tertiary/aromatic N) is 2. The Hall–Kier alpha value is -2.14. The van der Waals surface area contributed by atoms with E-state index in [2.05, 4.69) is 9.82 Å². The maximum Gasteiger partial charge on any atom is 0.338 e. The molecule has 3 N–H and O–H groups in total. The lowest BCUT2D eigenvalue weighted by Gasteiger charge is -2.13. The third-order valence-electron chi connectivity index (χ3n) is 4.28. The fraction of sp³-hybridized carbons (Fsp3) is 0.412. The Labute approximate surface area is 169 Å². The van der Waals surface area contributed by atoms with Gasteiger partial charge in [-0.05, 0) is 31.5 Å². The molecule has 0 spiro atoms. The number of carbonyl (C=O) groups excluding carboxylic acids is 1. The molecule has 1 aliphatic rings. The number of rotatable bonds is 6. The average Bonchev–Trinajstić information content (AvgIpc) is 3.23. The van der Waals surface area contributed by atoms with Crippen LogP contribution in [0, 0.1) is 6.92 Å². The van der Waals surface area contributed by atoms with E-state index in [4.69, 9.17) is 15.2 Å². The number of aromatic nitrogens is 2. The standard InChI is InChI=1S/C17H22N4O5S.ClH/c1-3-26-17(22)12-5-4-11(2)16(6-12)27(23,24)20-13-7-19-21(8-13)15-10-25-9-14(15)18;/h4-8,14-15,20H,3,9-10,18H2,1-2H3;1H/t14-,15+;/m0./s1. The Balaban J connectivity index is 0.00000280. The lowest BCUT2D eigenvalue weighted by Crippen LogP contribution is -2.31. The van der Waals surface area contributed by atoms with Gasteiger partial charge in [-0.15, -0.1) is 12.4 Å². The molecule has 0 unspecified atom stereocenters. The summed E-state index contributed by atoms with van der Waals surface area (Å²) >= 11 is 0. The first-order valence-electron chi connectivity index (χ1n) is 8.50. The first-order valence-corrected chi connectivity index (χ1v) is 9.98. The molecule has 1 aliphatic heterocycles. The Morgan fingerprint density at radius 2 is 2.18 bits per heavy atom. The van der Waals surface area contributed by atoms with Crippen molar-refractivity contribution in [3.63, 3.8) is 0 Å². The molecule has 1 aromatic carbocycles. The van der Waals surface area contributed by atoms with E-state index in [-0.39, 0.29) is 41.6 Å². The second kappa shape index (κ2) is 8.91. The number of esters is 1. The minimum absolute atomic E-state index is 0. The van der Waals surface area contributed by atoms with Crippen LogP contribution in [0.3, 0.4) is 0 Å². The zero-order chi connectivity index (χ0) is 19.6. The number of hydrogen-bond donors (Lipinski definition) is 2. The lowest BCUT2D eigenvalue weighted by atomic mass is 10.1. The van der Waals surface area contributed by atoms with Gasteiger partial charge in [0.15, 0.2) is 0 Å². The minimum atomic E-state index is -3.91. The molecule has 2 aromatic rings. The molecule has 1 saturated heterocycles. The number of nitrogens with one attached hydrogen (secondary N) is 1. The number of ether oxygens (including phenoxy) is 2. The lowest BCUT2D eigenvalue weighted by molar-refractivity contribution is 0.0526. The number of nitrogens with two attached hydrogens (primary N) is 1. The summed E-state index contributed by atoms with van der Waals surface area (Å²) < 4.78 is 39.9. The van der Waals surface area contributed by atoms with E-state index in [0.717, 1.165) is 0 Å². The molecule has 0 bridgehead atoms. The minimum Gasteiger partial charge on any atom is -0.462 e. The molecule has 1 aromatic heterocycles. The molecule has 3 rings (SSSR count). The molecule has 2 heterocycles. The molecule has 11 heteroatoms. The van der Waals surface area contributed by atoms with Gasteiger partial charge in [-0.2, -0.15) is 5.10 Å². The van der Waals surface area contributed by atoms with Gasteiger partial charge >= 0.3 is 5.97 Å². The van der Waals surface area contributed by atoms with E-state index in [0.29, 0.717) is 24.5 Å². The predicted molar refractivity (Wildman–Crippen MR) is 105 cm³/mol. The fourth-order valence-corrected chi connectivity index (χ4v) is 4.15. The summed E-state index contributed by atoms with van der Waals surface area (Å²) in [4.78, 5) is 11.9. The molecule has 9 nitrogen and oxygen atoms in total. The maximum atomic E-state index is 12.8. The van der Waals surface area contributed by atoms with Gasteiger partial charge in [0.1, 0.15) is 0 Å². The number of halogens is 1. The molecular formula is C17H23ClN4O5S. The molecule has 0 saturated carbocycles. The summed E-state index contributed by atoms with van der Waals surface area (Å²) in [5.41, 5.74) is 6.94. The van der Waals surface area contributed by atoms with E-state index >= 15 is 0 Å². The predicted octanol–water partition coefficient (Wildman–Crippen LogP) is 1.49. The van der Waals surface area contributed by atoms with Gasteiger partial charge in [0.2, 0.25) is 0 Å². The summed E-state index contributed by atoms with van der Waals surface area (Å²) in [6.07, 6.45) is 2.98. The van der Waals surface area contributed by atoms with Crippen molar-refractivity contribution in [2.45, 2.75) is 30.8 Å². The van der Waals surface area contributed by atoms with Crippen LogP contribution in [0.2, 0.25) is 0 Å². The Bertz CT molecular complexity index is 947. The molecule has 0 aliphatic carbocycles. The number of benzene rings is 1. The summed E-state index contributed by atoms with van der Waals surface area (Å²) in [5.74, 6) is -0.572. The smallest absolute Gasteiger partial charge is 0.338 e. The summed E-state index contributed by atoms with van der Waals surface area (Å²) in [6, 6.07) is 4.07. The number of carbonyl (C=O) groups is 1. The van der Waals surface area contributed by atoms with E-state index < -0.39 is 16.0 Å². The highest BCUT2D eigenvalue weighted by Crippen LogP contribution is 2.23. The van der Waals surface area contributed by atoms with Crippen molar-refractivity contribution in [1.82, 2.24) is 9.78 Å². The molecule has 0 radical (unpaired) electrons. The third kappa shape index (κ3) is 4.64. The number of anilines is 1. The van der Waals surface area contributed by atoms with E-state index in [9.17, 15) is 13.2 Å². The normalized spacial score (nSPS) is 19.1. The fourth-order valence-electron chi connectivity index (χ4n) is 2.85. The van der Waals surface area contributed by atoms with E-state index in [1.807, 2.05) is 0 Å². The molecule has 1 fully saturated rings. The second-order valence-electron chi connectivity index (χ2n) is 6.28. The highest BCUT2D eigenvalue weighted by atomic mass is 35.5. The van der Waals surface area contributed by atoms with Crippen LogP contribution in [0.4, 0.5) is 5.69 Å². The van der Waals surface area contributed by atoms with Gasteiger partial charge in [0.25, 0.3) is 10.0 Å². The van der Waals surface area contributed by atoms with Crippen LogP contribution >= 0.6 is 12.4 Å². The Kier molecular flexibility index (Phi) is 7.05. The molecule has 154 valence electrons. The summed E-state index contributed by atoms with van der Waals surface area (Å²) in [6.45, 7) is 4.41. The zero-order valence-corrected chi connectivity index (χ0v) is 17.1. The second-order valence-corrected chi connectivity index (χ2v) is 7.93. The first-order chi connectivity index (χ1) is 12.8. The largest absolute Gasteiger partial charge is 0.462 e. The van der Waals surface area contributed by atoms with E-state index in [1.54, 1.807) is 30.8 Å². The first kappa shape index (κ1) is 22.2. The Morgan fingerprint density at radius 1 is 1.43 bits per heavy atom. The number of sulfonamides is 1. The van der Waals surface area contributed by atoms with Crippen LogP contribution in [0.15, 0.2) is 35.5 Å². The van der Waals surface area contributed by atoms with Crippen LogP contribution in [-0.4, -0.2) is 50.0 Å². The SMILES string of the molecule is CCOC(=O)c1ccc(C)c(S(=O)(=O)Nc2cnn([C@@H]3COC[C@@H]3N)c2)c1.Cl. The summed E-state index contributed by atoms with van der Waals surface area (Å²) in [5, 5.41) is 4.17. The molecule has 2 atom stereocenters. The van der Waals surface area contributed by atoms with Crippen molar-refractivity contribution in [3.05, 3.63) is 41.7 Å². The molecular weight excluding hydrogens is 408 g/mol. The third-order valence-corrected chi connectivity index (χ3v) is 5.80. The van der Waals surface area contributed by atoms with Crippen LogP contribution in [0.25, 0.3) is 0 Å². The highest BCUT2D eigenvalue weighted by Gasteiger charge is 2.28. The van der Waals surface area contributed by atoms with Crippen molar-refractivity contribution in [2.24, 2.45) is 5.73 Å². The quantitative estimate of drug-likeness (QED) is 0.665.